The Labute approximate surface area is 149 Å². The molecule has 0 radical (unpaired) electrons. The van der Waals surface area contributed by atoms with Crippen LogP contribution in [0.25, 0.3) is 0 Å². The Hall–Kier alpha value is -2.05. The highest BCUT2D eigenvalue weighted by Crippen LogP contribution is 2.42. The highest BCUT2D eigenvalue weighted by molar-refractivity contribution is 7.89. The predicted octanol–water partition coefficient (Wildman–Crippen LogP) is 3.44. The summed E-state index contributed by atoms with van der Waals surface area (Å²) >= 11 is 0. The minimum Gasteiger partial charge on any atom is -0.497 e. The van der Waals surface area contributed by atoms with E-state index in [0.29, 0.717) is 17.4 Å². The second kappa shape index (κ2) is 7.06. The minimum atomic E-state index is -3.75. The van der Waals surface area contributed by atoms with Crippen LogP contribution < -0.4 is 14.2 Å². The van der Waals surface area contributed by atoms with Crippen LogP contribution in [-0.4, -0.2) is 22.6 Å². The molecule has 1 aliphatic rings. The van der Waals surface area contributed by atoms with Crippen molar-refractivity contribution < 1.29 is 17.9 Å². The second-order valence-electron chi connectivity index (χ2n) is 6.36. The molecular weight excluding hydrogens is 338 g/mol. The van der Waals surface area contributed by atoms with Crippen LogP contribution in [-0.2, 0) is 10.0 Å². The number of methoxy groups -OCH3 is 2. The second-order valence-corrected chi connectivity index (χ2v) is 8.05. The van der Waals surface area contributed by atoms with Gasteiger partial charge < -0.3 is 9.47 Å². The average molecular weight is 361 g/mol. The van der Waals surface area contributed by atoms with E-state index in [-0.39, 0.29) is 10.9 Å². The largest absolute Gasteiger partial charge is 0.497 e. The fourth-order valence-electron chi connectivity index (χ4n) is 2.86. The van der Waals surface area contributed by atoms with Crippen LogP contribution in [0.2, 0.25) is 0 Å². The van der Waals surface area contributed by atoms with Crippen LogP contribution in [0.4, 0.5) is 0 Å². The number of ether oxygens (including phenoxy) is 2. The van der Waals surface area contributed by atoms with Crippen molar-refractivity contribution in [2.24, 2.45) is 5.92 Å². The molecule has 1 fully saturated rings. The van der Waals surface area contributed by atoms with Gasteiger partial charge in [-0.25, -0.2) is 13.1 Å². The Morgan fingerprint density at radius 2 is 1.72 bits per heavy atom. The van der Waals surface area contributed by atoms with Crippen molar-refractivity contribution in [3.05, 3.63) is 53.6 Å². The van der Waals surface area contributed by atoms with Gasteiger partial charge in [-0.1, -0.05) is 29.8 Å². The van der Waals surface area contributed by atoms with E-state index in [9.17, 15) is 8.42 Å². The van der Waals surface area contributed by atoms with E-state index in [1.165, 1.54) is 20.3 Å². The first-order valence-corrected chi connectivity index (χ1v) is 9.74. The van der Waals surface area contributed by atoms with Crippen molar-refractivity contribution in [3.63, 3.8) is 0 Å². The molecule has 6 heteroatoms. The quantitative estimate of drug-likeness (QED) is 0.820. The van der Waals surface area contributed by atoms with Crippen LogP contribution >= 0.6 is 0 Å². The molecule has 1 atom stereocenters. The lowest BCUT2D eigenvalue weighted by molar-refractivity contribution is 0.391. The van der Waals surface area contributed by atoms with Crippen LogP contribution in [0.1, 0.15) is 30.0 Å². The molecule has 2 aromatic rings. The summed E-state index contributed by atoms with van der Waals surface area (Å²) in [6, 6.07) is 12.5. The first kappa shape index (κ1) is 17.8. The van der Waals surface area contributed by atoms with Crippen molar-refractivity contribution in [3.8, 4) is 11.5 Å². The lowest BCUT2D eigenvalue weighted by Crippen LogP contribution is -2.30. The zero-order chi connectivity index (χ0) is 18.0. The van der Waals surface area contributed by atoms with Gasteiger partial charge in [-0.05, 0) is 43.4 Å². The first-order valence-electron chi connectivity index (χ1n) is 8.25. The van der Waals surface area contributed by atoms with Gasteiger partial charge in [-0.2, -0.15) is 0 Å². The summed E-state index contributed by atoms with van der Waals surface area (Å²) < 4.78 is 39.3. The molecule has 0 spiro atoms. The molecule has 0 amide bonds. The maximum absolute atomic E-state index is 13.0. The monoisotopic (exact) mass is 361 g/mol. The minimum absolute atomic E-state index is 0.0899. The average Bonchev–Trinajstić information content (AvgIpc) is 3.45. The molecule has 0 aliphatic heterocycles. The standard InChI is InChI=1S/C19H23NO4S/c1-13-4-6-14(7-5-13)19(15-8-9-15)20-25(21,22)18-12-16(23-2)10-11-17(18)24-3/h4-7,10-12,15,19-20H,8-9H2,1-3H3. The fourth-order valence-corrected chi connectivity index (χ4v) is 4.34. The molecule has 0 bridgehead atoms. The summed E-state index contributed by atoms with van der Waals surface area (Å²) in [5, 5.41) is 0. The Morgan fingerprint density at radius 3 is 2.28 bits per heavy atom. The number of benzene rings is 2. The molecule has 0 saturated heterocycles. The van der Waals surface area contributed by atoms with Crippen molar-refractivity contribution in [1.82, 2.24) is 4.72 Å². The van der Waals surface area contributed by atoms with Gasteiger partial charge in [0.05, 0.1) is 14.2 Å². The van der Waals surface area contributed by atoms with Crippen molar-refractivity contribution in [2.75, 3.05) is 14.2 Å². The van der Waals surface area contributed by atoms with Crippen LogP contribution in [0.15, 0.2) is 47.4 Å². The van der Waals surface area contributed by atoms with Gasteiger partial charge in [0.15, 0.2) is 0 Å². The zero-order valence-corrected chi connectivity index (χ0v) is 15.5. The Morgan fingerprint density at radius 1 is 1.04 bits per heavy atom. The van der Waals surface area contributed by atoms with Gasteiger partial charge in [0, 0.05) is 12.1 Å². The van der Waals surface area contributed by atoms with Gasteiger partial charge in [0.1, 0.15) is 16.4 Å². The third-order valence-corrected chi connectivity index (χ3v) is 5.93. The molecule has 25 heavy (non-hydrogen) atoms. The van der Waals surface area contributed by atoms with E-state index in [1.54, 1.807) is 12.1 Å². The highest BCUT2D eigenvalue weighted by atomic mass is 32.2. The highest BCUT2D eigenvalue weighted by Gasteiger charge is 2.36. The maximum atomic E-state index is 13.0. The number of hydrogen-bond acceptors (Lipinski definition) is 4. The lowest BCUT2D eigenvalue weighted by atomic mass is 10.0. The molecule has 3 rings (SSSR count). The number of sulfonamides is 1. The van der Waals surface area contributed by atoms with Crippen LogP contribution in [0.3, 0.4) is 0 Å². The van der Waals surface area contributed by atoms with Crippen LogP contribution in [0.5, 0.6) is 11.5 Å². The van der Waals surface area contributed by atoms with Crippen molar-refractivity contribution in [2.45, 2.75) is 30.7 Å². The van der Waals surface area contributed by atoms with Gasteiger partial charge in [0.25, 0.3) is 0 Å². The Balaban J connectivity index is 1.95. The molecule has 134 valence electrons. The fraction of sp³-hybridized carbons (Fsp3) is 0.368. The van der Waals surface area contributed by atoms with E-state index in [4.69, 9.17) is 9.47 Å². The summed E-state index contributed by atoms with van der Waals surface area (Å²) in [6.07, 6.45) is 2.05. The number of nitrogens with one attached hydrogen (secondary N) is 1. The van der Waals surface area contributed by atoms with Gasteiger partial charge in [-0.15, -0.1) is 0 Å². The zero-order valence-electron chi connectivity index (χ0n) is 14.7. The maximum Gasteiger partial charge on any atom is 0.244 e. The molecule has 2 aromatic carbocycles. The van der Waals surface area contributed by atoms with Gasteiger partial charge in [-0.3, -0.25) is 0 Å². The van der Waals surface area contributed by atoms with E-state index in [2.05, 4.69) is 4.72 Å². The molecular formula is C19H23NO4S. The van der Waals surface area contributed by atoms with E-state index < -0.39 is 10.0 Å². The topological polar surface area (TPSA) is 64.6 Å². The lowest BCUT2D eigenvalue weighted by Gasteiger charge is -2.20. The normalized spacial score (nSPS) is 15.6. The molecule has 1 unspecified atom stereocenters. The van der Waals surface area contributed by atoms with Crippen molar-refractivity contribution >= 4 is 10.0 Å². The third-order valence-electron chi connectivity index (χ3n) is 4.47. The number of aryl methyl sites for hydroxylation is 1. The van der Waals surface area contributed by atoms with Gasteiger partial charge in [0.2, 0.25) is 10.0 Å². The molecule has 5 nitrogen and oxygen atoms in total. The van der Waals surface area contributed by atoms with Gasteiger partial charge >= 0.3 is 0 Å². The summed E-state index contributed by atoms with van der Waals surface area (Å²) in [5.74, 6) is 1.10. The van der Waals surface area contributed by atoms with E-state index in [1.807, 2.05) is 31.2 Å². The molecule has 1 N–H and O–H groups in total. The van der Waals surface area contributed by atoms with E-state index in [0.717, 1.165) is 24.0 Å². The number of rotatable bonds is 7. The molecule has 1 aliphatic carbocycles. The summed E-state index contributed by atoms with van der Waals surface area (Å²) in [6.45, 7) is 2.02. The third kappa shape index (κ3) is 3.96. The van der Waals surface area contributed by atoms with Crippen LogP contribution in [0, 0.1) is 12.8 Å². The molecule has 1 saturated carbocycles. The summed E-state index contributed by atoms with van der Waals surface area (Å²) in [7, 11) is -0.791. The summed E-state index contributed by atoms with van der Waals surface area (Å²) in [5.41, 5.74) is 2.13. The SMILES string of the molecule is COc1ccc(OC)c(S(=O)(=O)NC(c2ccc(C)cc2)C2CC2)c1. The summed E-state index contributed by atoms with van der Waals surface area (Å²) in [4.78, 5) is 0.0899. The molecule has 0 aromatic heterocycles. The Bertz CT molecular complexity index is 842. The number of hydrogen-bond donors (Lipinski definition) is 1. The first-order chi connectivity index (χ1) is 11.9. The molecule has 0 heterocycles. The smallest absolute Gasteiger partial charge is 0.244 e. The Kier molecular flexibility index (Phi) is 5.01. The van der Waals surface area contributed by atoms with Crippen molar-refractivity contribution in [1.29, 1.82) is 0 Å². The van der Waals surface area contributed by atoms with E-state index >= 15 is 0 Å². The predicted molar refractivity (Wildman–Crippen MR) is 96.5 cm³/mol.